The summed E-state index contributed by atoms with van der Waals surface area (Å²) in [6, 6.07) is 10.4. The molecule has 0 spiro atoms. The minimum atomic E-state index is 0.208. The molecule has 4 heteroatoms. The highest BCUT2D eigenvalue weighted by atomic mass is 16.5. The molecule has 0 aliphatic heterocycles. The van der Waals surface area contributed by atoms with Crippen molar-refractivity contribution in [1.29, 1.82) is 5.26 Å². The molecule has 1 aromatic carbocycles. The van der Waals surface area contributed by atoms with Gasteiger partial charge >= 0.3 is 0 Å². The van der Waals surface area contributed by atoms with Gasteiger partial charge < -0.3 is 9.84 Å². The van der Waals surface area contributed by atoms with Crippen LogP contribution in [0.15, 0.2) is 24.3 Å². The van der Waals surface area contributed by atoms with E-state index in [4.69, 9.17) is 10.00 Å². The second-order valence-corrected chi connectivity index (χ2v) is 5.53. The van der Waals surface area contributed by atoms with Crippen molar-refractivity contribution in [1.82, 2.24) is 4.90 Å². The monoisotopic (exact) mass is 288 g/mol. The first-order chi connectivity index (χ1) is 10.3. The summed E-state index contributed by atoms with van der Waals surface area (Å²) in [4.78, 5) is 2.34. The summed E-state index contributed by atoms with van der Waals surface area (Å²) in [7, 11) is 0. The minimum absolute atomic E-state index is 0.208. The first-order valence-electron chi connectivity index (χ1n) is 7.77. The third-order valence-electron chi connectivity index (χ3n) is 4.08. The van der Waals surface area contributed by atoms with E-state index >= 15 is 0 Å². The van der Waals surface area contributed by atoms with Crippen LogP contribution in [-0.4, -0.2) is 42.4 Å². The van der Waals surface area contributed by atoms with Gasteiger partial charge in [-0.3, -0.25) is 4.90 Å². The predicted molar refractivity (Wildman–Crippen MR) is 82.2 cm³/mol. The molecule has 1 aromatic rings. The summed E-state index contributed by atoms with van der Waals surface area (Å²) in [5.41, 5.74) is 1.01. The largest absolute Gasteiger partial charge is 0.492 e. The SMILES string of the molecule is N#CCc1ccc(OCCN(CCO)C2CCCC2)cc1. The third kappa shape index (κ3) is 5.04. The molecule has 2 rings (SSSR count). The summed E-state index contributed by atoms with van der Waals surface area (Å²) in [6.07, 6.45) is 5.51. The number of rotatable bonds is 8. The van der Waals surface area contributed by atoms with Crippen LogP contribution in [0.4, 0.5) is 0 Å². The predicted octanol–water partition coefficient (Wildman–Crippen LogP) is 2.37. The molecule has 0 radical (unpaired) electrons. The molecule has 0 heterocycles. The Kier molecular flexibility index (Phi) is 6.52. The Labute approximate surface area is 127 Å². The Morgan fingerprint density at radius 1 is 1.19 bits per heavy atom. The van der Waals surface area contributed by atoms with Crippen molar-refractivity contribution in [3.05, 3.63) is 29.8 Å². The summed E-state index contributed by atoms with van der Waals surface area (Å²) in [6.45, 7) is 2.42. The van der Waals surface area contributed by atoms with Gasteiger partial charge in [0.05, 0.1) is 19.1 Å². The van der Waals surface area contributed by atoms with Crippen LogP contribution in [0.25, 0.3) is 0 Å². The number of nitriles is 1. The molecule has 0 amide bonds. The van der Waals surface area contributed by atoms with Gasteiger partial charge in [-0.05, 0) is 30.5 Å². The Hall–Kier alpha value is -1.57. The van der Waals surface area contributed by atoms with Crippen LogP contribution in [0.1, 0.15) is 31.2 Å². The van der Waals surface area contributed by atoms with Crippen molar-refractivity contribution >= 4 is 0 Å². The van der Waals surface area contributed by atoms with Crippen LogP contribution in [-0.2, 0) is 6.42 Å². The van der Waals surface area contributed by atoms with E-state index in [0.717, 1.165) is 24.4 Å². The van der Waals surface area contributed by atoms with Gasteiger partial charge in [-0.25, -0.2) is 0 Å². The van der Waals surface area contributed by atoms with E-state index in [1.165, 1.54) is 25.7 Å². The molecule has 0 saturated heterocycles. The van der Waals surface area contributed by atoms with Crippen LogP contribution < -0.4 is 4.74 Å². The van der Waals surface area contributed by atoms with Gasteiger partial charge in [0.1, 0.15) is 12.4 Å². The average Bonchev–Trinajstić information content (AvgIpc) is 3.03. The number of hydrogen-bond donors (Lipinski definition) is 1. The zero-order valence-corrected chi connectivity index (χ0v) is 12.5. The fourth-order valence-corrected chi connectivity index (χ4v) is 2.95. The first kappa shape index (κ1) is 15.8. The van der Waals surface area contributed by atoms with Gasteiger partial charge in [0.15, 0.2) is 0 Å². The normalized spacial score (nSPS) is 15.3. The van der Waals surface area contributed by atoms with Crippen LogP contribution in [0.5, 0.6) is 5.75 Å². The van der Waals surface area contributed by atoms with Crippen molar-refractivity contribution in [3.63, 3.8) is 0 Å². The topological polar surface area (TPSA) is 56.5 Å². The molecule has 4 nitrogen and oxygen atoms in total. The van der Waals surface area contributed by atoms with Crippen molar-refractivity contribution < 1.29 is 9.84 Å². The van der Waals surface area contributed by atoms with Crippen LogP contribution in [0, 0.1) is 11.3 Å². The quantitative estimate of drug-likeness (QED) is 0.798. The van der Waals surface area contributed by atoms with Gasteiger partial charge in [0.25, 0.3) is 0 Å². The molecule has 0 aromatic heterocycles. The zero-order chi connectivity index (χ0) is 14.9. The Bertz CT molecular complexity index is 447. The molecule has 1 aliphatic rings. The molecule has 1 aliphatic carbocycles. The first-order valence-corrected chi connectivity index (χ1v) is 7.77. The van der Waals surface area contributed by atoms with Crippen molar-refractivity contribution in [2.75, 3.05) is 26.3 Å². The standard InChI is InChI=1S/C17H24N2O2/c18-10-9-15-5-7-17(8-6-15)21-14-12-19(11-13-20)16-3-1-2-4-16/h5-8,16,20H,1-4,9,11-14H2. The summed E-state index contributed by atoms with van der Waals surface area (Å²) >= 11 is 0. The molecule has 0 unspecified atom stereocenters. The van der Waals surface area contributed by atoms with E-state index in [2.05, 4.69) is 11.0 Å². The molecule has 0 atom stereocenters. The summed E-state index contributed by atoms with van der Waals surface area (Å²) < 4.78 is 5.77. The van der Waals surface area contributed by atoms with E-state index < -0.39 is 0 Å². The number of ether oxygens (including phenoxy) is 1. The third-order valence-corrected chi connectivity index (χ3v) is 4.08. The van der Waals surface area contributed by atoms with E-state index in [0.29, 0.717) is 19.1 Å². The highest BCUT2D eigenvalue weighted by molar-refractivity contribution is 5.28. The molecule has 1 fully saturated rings. The minimum Gasteiger partial charge on any atom is -0.492 e. The number of aliphatic hydroxyl groups is 1. The lowest BCUT2D eigenvalue weighted by Gasteiger charge is -2.27. The number of aliphatic hydroxyl groups excluding tert-OH is 1. The number of benzene rings is 1. The van der Waals surface area contributed by atoms with E-state index in [-0.39, 0.29) is 6.61 Å². The van der Waals surface area contributed by atoms with Gasteiger partial charge in [0, 0.05) is 19.1 Å². The summed E-state index contributed by atoms with van der Waals surface area (Å²) in [5.74, 6) is 0.840. The Morgan fingerprint density at radius 3 is 2.52 bits per heavy atom. The lowest BCUT2D eigenvalue weighted by molar-refractivity contribution is 0.129. The maximum absolute atomic E-state index is 9.19. The fourth-order valence-electron chi connectivity index (χ4n) is 2.95. The molecular weight excluding hydrogens is 264 g/mol. The summed E-state index contributed by atoms with van der Waals surface area (Å²) in [5, 5.41) is 17.8. The van der Waals surface area contributed by atoms with Gasteiger partial charge in [-0.15, -0.1) is 0 Å². The Morgan fingerprint density at radius 2 is 1.90 bits per heavy atom. The lowest BCUT2D eigenvalue weighted by atomic mass is 10.2. The van der Waals surface area contributed by atoms with Crippen molar-refractivity contribution in [2.24, 2.45) is 0 Å². The maximum Gasteiger partial charge on any atom is 0.119 e. The zero-order valence-electron chi connectivity index (χ0n) is 12.5. The van der Waals surface area contributed by atoms with E-state index in [9.17, 15) is 5.11 Å². The molecule has 21 heavy (non-hydrogen) atoms. The van der Waals surface area contributed by atoms with Crippen LogP contribution in [0.2, 0.25) is 0 Å². The number of nitrogens with zero attached hydrogens (tertiary/aromatic N) is 2. The van der Waals surface area contributed by atoms with Crippen LogP contribution >= 0.6 is 0 Å². The van der Waals surface area contributed by atoms with E-state index in [1.54, 1.807) is 0 Å². The number of hydrogen-bond acceptors (Lipinski definition) is 4. The molecule has 0 bridgehead atoms. The lowest BCUT2D eigenvalue weighted by Crippen LogP contribution is -2.38. The Balaban J connectivity index is 1.77. The average molecular weight is 288 g/mol. The maximum atomic E-state index is 9.19. The molecule has 1 saturated carbocycles. The molecule has 1 N–H and O–H groups in total. The van der Waals surface area contributed by atoms with Gasteiger partial charge in [-0.1, -0.05) is 25.0 Å². The van der Waals surface area contributed by atoms with Crippen molar-refractivity contribution in [2.45, 2.75) is 38.1 Å². The smallest absolute Gasteiger partial charge is 0.119 e. The second kappa shape index (κ2) is 8.66. The second-order valence-electron chi connectivity index (χ2n) is 5.53. The highest BCUT2D eigenvalue weighted by Crippen LogP contribution is 2.23. The molecule has 114 valence electrons. The van der Waals surface area contributed by atoms with Gasteiger partial charge in [-0.2, -0.15) is 5.26 Å². The van der Waals surface area contributed by atoms with Crippen molar-refractivity contribution in [3.8, 4) is 11.8 Å². The van der Waals surface area contributed by atoms with Gasteiger partial charge in [0.2, 0.25) is 0 Å². The molecular formula is C17H24N2O2. The van der Waals surface area contributed by atoms with Crippen LogP contribution in [0.3, 0.4) is 0 Å². The highest BCUT2D eigenvalue weighted by Gasteiger charge is 2.21. The van der Waals surface area contributed by atoms with E-state index in [1.807, 2.05) is 24.3 Å². The fraction of sp³-hybridized carbons (Fsp3) is 0.588.